The Morgan fingerprint density at radius 1 is 1.32 bits per heavy atom. The average molecular weight is 511 g/mol. The number of anilines is 1. The summed E-state index contributed by atoms with van der Waals surface area (Å²) in [6, 6.07) is 5.89. The van der Waals surface area contributed by atoms with E-state index in [2.05, 4.69) is 29.1 Å². The second-order valence-electron chi connectivity index (χ2n) is 9.89. The van der Waals surface area contributed by atoms with Crippen LogP contribution in [0.1, 0.15) is 37.0 Å². The fourth-order valence-electron chi connectivity index (χ4n) is 5.36. The van der Waals surface area contributed by atoms with Crippen LogP contribution in [0.4, 0.5) is 10.2 Å². The topological polar surface area (TPSA) is 84.8 Å². The lowest BCUT2D eigenvalue weighted by atomic mass is 10.1. The van der Waals surface area contributed by atoms with E-state index in [4.69, 9.17) is 19.4 Å². The molecule has 0 saturated carbocycles. The second kappa shape index (κ2) is 10.6. The van der Waals surface area contributed by atoms with E-state index in [1.54, 1.807) is 13.1 Å². The van der Waals surface area contributed by atoms with Crippen LogP contribution in [0, 0.1) is 5.82 Å². The molecule has 1 amide bonds. The van der Waals surface area contributed by atoms with Gasteiger partial charge in [0.2, 0.25) is 0 Å². The monoisotopic (exact) mass is 510 g/mol. The van der Waals surface area contributed by atoms with Gasteiger partial charge in [-0.25, -0.2) is 14.4 Å². The molecule has 37 heavy (non-hydrogen) atoms. The van der Waals surface area contributed by atoms with E-state index in [1.165, 1.54) is 13.2 Å². The molecule has 0 spiro atoms. The first-order valence-corrected chi connectivity index (χ1v) is 13.0. The zero-order chi connectivity index (χ0) is 26.1. The molecule has 2 fully saturated rings. The summed E-state index contributed by atoms with van der Waals surface area (Å²) in [7, 11) is 3.58. The van der Waals surface area contributed by atoms with Gasteiger partial charge in [0.05, 0.1) is 31.9 Å². The SMILES string of the molecule is CCNC(=O)c1cc(OC)c2c(nc(-c3ccc(N4CCC[C@@H]4C)nc3)n2C[C@@H]2CN(C)CCO2)c1F. The molecule has 5 rings (SSSR count). The van der Waals surface area contributed by atoms with Crippen molar-refractivity contribution in [2.45, 2.75) is 45.4 Å². The van der Waals surface area contributed by atoms with Gasteiger partial charge >= 0.3 is 0 Å². The number of aromatic nitrogens is 3. The van der Waals surface area contributed by atoms with Crippen LogP contribution in [0.25, 0.3) is 22.4 Å². The van der Waals surface area contributed by atoms with Crippen LogP contribution in [-0.2, 0) is 11.3 Å². The van der Waals surface area contributed by atoms with Crippen molar-refractivity contribution in [2.75, 3.05) is 51.8 Å². The van der Waals surface area contributed by atoms with Crippen molar-refractivity contribution in [1.29, 1.82) is 0 Å². The van der Waals surface area contributed by atoms with E-state index in [1.807, 2.05) is 16.7 Å². The number of nitrogens with one attached hydrogen (secondary N) is 1. The van der Waals surface area contributed by atoms with Gasteiger partial charge in [-0.05, 0) is 51.9 Å². The number of halogens is 1. The number of hydrogen-bond donors (Lipinski definition) is 1. The van der Waals surface area contributed by atoms with Gasteiger partial charge in [-0.15, -0.1) is 0 Å². The molecule has 2 aliphatic heterocycles. The molecule has 0 aliphatic carbocycles. The predicted molar refractivity (Wildman–Crippen MR) is 141 cm³/mol. The summed E-state index contributed by atoms with van der Waals surface area (Å²) in [6.45, 7) is 8.07. The number of pyridine rings is 1. The largest absolute Gasteiger partial charge is 0.494 e. The molecular formula is C27H35FN6O3. The number of rotatable bonds is 7. The molecule has 0 unspecified atom stereocenters. The Hall–Kier alpha value is -3.24. The fourth-order valence-corrected chi connectivity index (χ4v) is 5.36. The van der Waals surface area contributed by atoms with E-state index < -0.39 is 11.7 Å². The van der Waals surface area contributed by atoms with Crippen LogP contribution >= 0.6 is 0 Å². The van der Waals surface area contributed by atoms with E-state index in [0.29, 0.717) is 42.8 Å². The van der Waals surface area contributed by atoms with Crippen LogP contribution in [0.3, 0.4) is 0 Å². The number of hydrogen-bond acceptors (Lipinski definition) is 7. The van der Waals surface area contributed by atoms with Crippen molar-refractivity contribution in [1.82, 2.24) is 24.8 Å². The lowest BCUT2D eigenvalue weighted by Gasteiger charge is -2.30. The molecule has 0 radical (unpaired) electrons. The minimum Gasteiger partial charge on any atom is -0.494 e. The minimum atomic E-state index is -0.668. The number of amides is 1. The summed E-state index contributed by atoms with van der Waals surface area (Å²) in [5, 5.41) is 2.67. The molecule has 9 nitrogen and oxygen atoms in total. The number of likely N-dealkylation sites (N-methyl/N-ethyl adjacent to an activating group) is 1. The Balaban J connectivity index is 1.63. The lowest BCUT2D eigenvalue weighted by molar-refractivity contribution is -0.0267. The third-order valence-electron chi connectivity index (χ3n) is 7.30. The van der Waals surface area contributed by atoms with Crippen LogP contribution < -0.4 is 15.0 Å². The molecule has 2 atom stereocenters. The smallest absolute Gasteiger partial charge is 0.254 e. The molecule has 198 valence electrons. The first-order chi connectivity index (χ1) is 17.9. The second-order valence-corrected chi connectivity index (χ2v) is 9.89. The number of benzene rings is 1. The third-order valence-corrected chi connectivity index (χ3v) is 7.30. The first kappa shape index (κ1) is 25.4. The number of fused-ring (bicyclic) bond motifs is 1. The summed E-state index contributed by atoms with van der Waals surface area (Å²) in [6.07, 6.45) is 4.00. The first-order valence-electron chi connectivity index (χ1n) is 13.0. The molecule has 4 heterocycles. The quantitative estimate of drug-likeness (QED) is 0.522. The van der Waals surface area contributed by atoms with Crippen molar-refractivity contribution < 1.29 is 18.7 Å². The molecule has 10 heteroatoms. The highest BCUT2D eigenvalue weighted by Gasteiger charge is 2.28. The normalized spacial score (nSPS) is 20.5. The van der Waals surface area contributed by atoms with E-state index >= 15 is 4.39 Å². The van der Waals surface area contributed by atoms with E-state index in [-0.39, 0.29) is 17.2 Å². The lowest BCUT2D eigenvalue weighted by Crippen LogP contribution is -2.42. The third kappa shape index (κ3) is 4.87. The average Bonchev–Trinajstić information content (AvgIpc) is 3.49. The van der Waals surface area contributed by atoms with E-state index in [0.717, 1.165) is 43.9 Å². The highest BCUT2D eigenvalue weighted by Crippen LogP contribution is 2.36. The number of nitrogens with zero attached hydrogens (tertiary/aromatic N) is 5. The van der Waals surface area contributed by atoms with Crippen LogP contribution in [0.5, 0.6) is 5.75 Å². The molecule has 2 saturated heterocycles. The van der Waals surface area contributed by atoms with Crippen LogP contribution in [-0.4, -0.2) is 84.4 Å². The summed E-state index contributed by atoms with van der Waals surface area (Å²) in [5.41, 5.74) is 1.26. The number of morpholine rings is 1. The standard InChI is InChI=1S/C27H35FN6O3/c1-5-29-27(35)20-13-21(36-4)25-24(23(20)28)31-26(34(25)16-19-15-32(3)11-12-37-19)18-8-9-22(30-14-18)33-10-6-7-17(33)2/h8-9,13-14,17,19H,5-7,10-12,15-16H2,1-4H3,(H,29,35)/t17-,19-/m0/s1. The Labute approximate surface area is 216 Å². The molecule has 3 aromatic rings. The van der Waals surface area contributed by atoms with Gasteiger partial charge in [0.25, 0.3) is 5.91 Å². The number of methoxy groups -OCH3 is 1. The predicted octanol–water partition coefficient (Wildman–Crippen LogP) is 3.32. The van der Waals surface area contributed by atoms with Crippen LogP contribution in [0.2, 0.25) is 0 Å². The summed E-state index contributed by atoms with van der Waals surface area (Å²) in [4.78, 5) is 26.6. The van der Waals surface area contributed by atoms with Crippen molar-refractivity contribution in [3.63, 3.8) is 0 Å². The van der Waals surface area contributed by atoms with Crippen molar-refractivity contribution in [3.8, 4) is 17.1 Å². The number of carbonyl (C=O) groups excluding carboxylic acids is 1. The molecule has 1 N–H and O–H groups in total. The number of imidazole rings is 1. The maximum atomic E-state index is 15.8. The van der Waals surface area contributed by atoms with Crippen LogP contribution in [0.15, 0.2) is 24.4 Å². The van der Waals surface area contributed by atoms with Crippen molar-refractivity contribution in [2.24, 2.45) is 0 Å². The van der Waals surface area contributed by atoms with Gasteiger partial charge in [-0.1, -0.05) is 0 Å². The highest BCUT2D eigenvalue weighted by molar-refractivity contribution is 6.00. The van der Waals surface area contributed by atoms with E-state index in [9.17, 15) is 4.79 Å². The van der Waals surface area contributed by atoms with Crippen molar-refractivity contribution >= 4 is 22.8 Å². The van der Waals surface area contributed by atoms with Gasteiger partial charge in [0.1, 0.15) is 28.4 Å². The Morgan fingerprint density at radius 2 is 2.16 bits per heavy atom. The summed E-state index contributed by atoms with van der Waals surface area (Å²) >= 11 is 0. The maximum absolute atomic E-state index is 15.8. The fraction of sp³-hybridized carbons (Fsp3) is 0.519. The molecule has 0 bridgehead atoms. The van der Waals surface area contributed by atoms with Gasteiger partial charge in [0.15, 0.2) is 5.82 Å². The summed E-state index contributed by atoms with van der Waals surface area (Å²) < 4.78 is 29.4. The minimum absolute atomic E-state index is 0.0902. The highest BCUT2D eigenvalue weighted by atomic mass is 19.1. The molecule has 2 aromatic heterocycles. The number of carbonyl (C=O) groups is 1. The molecule has 1 aromatic carbocycles. The van der Waals surface area contributed by atoms with Gasteiger partial charge in [-0.2, -0.15) is 0 Å². The maximum Gasteiger partial charge on any atom is 0.254 e. The molecule has 2 aliphatic rings. The zero-order valence-corrected chi connectivity index (χ0v) is 22.0. The Kier molecular flexibility index (Phi) is 7.30. The Morgan fingerprint density at radius 3 is 2.81 bits per heavy atom. The Bertz CT molecular complexity index is 1280. The zero-order valence-electron chi connectivity index (χ0n) is 22.0. The summed E-state index contributed by atoms with van der Waals surface area (Å²) in [5.74, 6) is 0.704. The van der Waals surface area contributed by atoms with Crippen molar-refractivity contribution in [3.05, 3.63) is 35.8 Å². The molecular weight excluding hydrogens is 475 g/mol. The van der Waals surface area contributed by atoms with Gasteiger partial charge in [0, 0.05) is 44.0 Å². The van der Waals surface area contributed by atoms with Gasteiger partial charge in [-0.3, -0.25) is 4.79 Å². The number of ether oxygens (including phenoxy) is 2. The van der Waals surface area contributed by atoms with Gasteiger partial charge < -0.3 is 29.2 Å².